The van der Waals surface area contributed by atoms with E-state index in [9.17, 15) is 4.79 Å². The van der Waals surface area contributed by atoms with Crippen LogP contribution < -0.4 is 5.32 Å². The Hall–Kier alpha value is -0.610. The molecule has 1 N–H and O–H groups in total. The van der Waals surface area contributed by atoms with Crippen molar-refractivity contribution in [3.05, 3.63) is 0 Å². The largest absolute Gasteiger partial charge is 0.340 e. The van der Waals surface area contributed by atoms with E-state index in [0.29, 0.717) is 11.9 Å². The maximum Gasteiger partial charge on any atom is 0.239 e. The molecule has 3 saturated heterocycles. The van der Waals surface area contributed by atoms with Crippen LogP contribution in [0.1, 0.15) is 32.1 Å². The first-order valence-electron chi connectivity index (χ1n) is 7.11. The molecule has 2 atom stereocenters. The van der Waals surface area contributed by atoms with Crippen LogP contribution in [-0.2, 0) is 4.79 Å². The second kappa shape index (κ2) is 4.94. The number of hydrogen-bond acceptors (Lipinski definition) is 3. The molecule has 3 aliphatic rings. The van der Waals surface area contributed by atoms with E-state index in [1.807, 2.05) is 0 Å². The van der Waals surface area contributed by atoms with Crippen molar-refractivity contribution in [2.75, 3.05) is 32.7 Å². The molecule has 4 heteroatoms. The van der Waals surface area contributed by atoms with Gasteiger partial charge in [-0.05, 0) is 51.7 Å². The summed E-state index contributed by atoms with van der Waals surface area (Å²) in [6.45, 7) is 5.44. The molecule has 0 aromatic rings. The number of amides is 1. The summed E-state index contributed by atoms with van der Waals surface area (Å²) >= 11 is 0. The number of carbonyl (C=O) groups excluding carboxylic acids is 1. The van der Waals surface area contributed by atoms with E-state index in [1.165, 1.54) is 32.4 Å². The van der Waals surface area contributed by atoms with Gasteiger partial charge in [0.1, 0.15) is 0 Å². The van der Waals surface area contributed by atoms with Gasteiger partial charge in [-0.3, -0.25) is 9.69 Å². The van der Waals surface area contributed by atoms with Crippen molar-refractivity contribution in [2.45, 2.75) is 44.2 Å². The van der Waals surface area contributed by atoms with Gasteiger partial charge in [0.15, 0.2) is 0 Å². The molecule has 0 radical (unpaired) electrons. The fraction of sp³-hybridized carbons (Fsp3) is 0.923. The Bertz CT molecular complexity index is 282. The lowest BCUT2D eigenvalue weighted by atomic mass is 10.2. The Morgan fingerprint density at radius 2 is 1.88 bits per heavy atom. The maximum absolute atomic E-state index is 12.3. The Morgan fingerprint density at radius 1 is 1.06 bits per heavy atom. The highest BCUT2D eigenvalue weighted by Gasteiger charge is 2.34. The van der Waals surface area contributed by atoms with E-state index in [2.05, 4.69) is 15.1 Å². The number of hydrogen-bond donors (Lipinski definition) is 1. The lowest BCUT2D eigenvalue weighted by Gasteiger charge is -2.25. The Labute approximate surface area is 103 Å². The van der Waals surface area contributed by atoms with E-state index in [1.54, 1.807) is 0 Å². The Kier molecular flexibility index (Phi) is 3.34. The summed E-state index contributed by atoms with van der Waals surface area (Å²) in [5, 5.41) is 3.31. The number of carbonyl (C=O) groups is 1. The van der Waals surface area contributed by atoms with Crippen molar-refractivity contribution in [1.82, 2.24) is 15.1 Å². The van der Waals surface area contributed by atoms with Crippen molar-refractivity contribution < 1.29 is 4.79 Å². The van der Waals surface area contributed by atoms with E-state index < -0.39 is 0 Å². The second-order valence-corrected chi connectivity index (χ2v) is 5.62. The van der Waals surface area contributed by atoms with Gasteiger partial charge < -0.3 is 10.2 Å². The molecule has 0 bridgehead atoms. The zero-order chi connectivity index (χ0) is 11.7. The van der Waals surface area contributed by atoms with Gasteiger partial charge in [0.25, 0.3) is 0 Å². The normalized spacial score (nSPS) is 34.7. The molecule has 3 heterocycles. The fourth-order valence-electron chi connectivity index (χ4n) is 3.46. The first-order chi connectivity index (χ1) is 8.34. The van der Waals surface area contributed by atoms with Crippen LogP contribution >= 0.6 is 0 Å². The zero-order valence-electron chi connectivity index (χ0n) is 10.5. The number of nitrogens with one attached hydrogen (secondary N) is 1. The second-order valence-electron chi connectivity index (χ2n) is 5.62. The quantitative estimate of drug-likeness (QED) is 0.757. The van der Waals surface area contributed by atoms with Gasteiger partial charge in [-0.15, -0.1) is 0 Å². The van der Waals surface area contributed by atoms with Crippen LogP contribution in [0, 0.1) is 0 Å². The molecule has 17 heavy (non-hydrogen) atoms. The molecule has 1 unspecified atom stereocenters. The van der Waals surface area contributed by atoms with Crippen LogP contribution in [-0.4, -0.2) is 60.5 Å². The lowest BCUT2D eigenvalue weighted by Crippen LogP contribution is -2.44. The summed E-state index contributed by atoms with van der Waals surface area (Å²) in [7, 11) is 0. The summed E-state index contributed by atoms with van der Waals surface area (Å²) in [5.41, 5.74) is 0. The van der Waals surface area contributed by atoms with Crippen LogP contribution in [0.25, 0.3) is 0 Å². The van der Waals surface area contributed by atoms with Gasteiger partial charge in [0.2, 0.25) is 5.91 Å². The molecule has 0 aromatic heterocycles. The number of rotatable bonds is 2. The molecule has 1 amide bonds. The SMILES string of the molecule is O=C([C@H]1CCCN1)N1CCC(N2CCCC2)C1. The van der Waals surface area contributed by atoms with Crippen molar-refractivity contribution >= 4 is 5.91 Å². The average Bonchev–Trinajstić information content (AvgIpc) is 3.09. The fourth-order valence-corrected chi connectivity index (χ4v) is 3.46. The molecule has 96 valence electrons. The third-order valence-corrected chi connectivity index (χ3v) is 4.49. The minimum absolute atomic E-state index is 0.118. The summed E-state index contributed by atoms with van der Waals surface area (Å²) in [4.78, 5) is 16.9. The molecule has 3 rings (SSSR count). The highest BCUT2D eigenvalue weighted by molar-refractivity contribution is 5.82. The van der Waals surface area contributed by atoms with Gasteiger partial charge in [0, 0.05) is 19.1 Å². The van der Waals surface area contributed by atoms with Crippen molar-refractivity contribution in [2.24, 2.45) is 0 Å². The predicted molar refractivity (Wildman–Crippen MR) is 66.8 cm³/mol. The minimum Gasteiger partial charge on any atom is -0.340 e. The summed E-state index contributed by atoms with van der Waals surface area (Å²) in [5.74, 6) is 0.351. The maximum atomic E-state index is 12.3. The Balaban J connectivity index is 1.54. The minimum atomic E-state index is 0.118. The van der Waals surface area contributed by atoms with Gasteiger partial charge in [-0.25, -0.2) is 0 Å². The van der Waals surface area contributed by atoms with Crippen molar-refractivity contribution in [1.29, 1.82) is 0 Å². The standard InChI is InChI=1S/C13H23N3O/c17-13(12-4-3-6-14-12)16-9-5-11(10-16)15-7-1-2-8-15/h11-12,14H,1-10H2/t11?,12-/m1/s1. The third-order valence-electron chi connectivity index (χ3n) is 4.49. The van der Waals surface area contributed by atoms with Gasteiger partial charge >= 0.3 is 0 Å². The summed E-state index contributed by atoms with van der Waals surface area (Å²) < 4.78 is 0. The van der Waals surface area contributed by atoms with Gasteiger partial charge in [-0.2, -0.15) is 0 Å². The highest BCUT2D eigenvalue weighted by Crippen LogP contribution is 2.21. The molecule has 3 aliphatic heterocycles. The van der Waals surface area contributed by atoms with Crippen molar-refractivity contribution in [3.8, 4) is 0 Å². The van der Waals surface area contributed by atoms with Gasteiger partial charge in [0.05, 0.1) is 6.04 Å². The average molecular weight is 237 g/mol. The molecular weight excluding hydrogens is 214 g/mol. The van der Waals surface area contributed by atoms with Crippen LogP contribution in [0.15, 0.2) is 0 Å². The first-order valence-corrected chi connectivity index (χ1v) is 7.11. The van der Waals surface area contributed by atoms with Crippen LogP contribution in [0.5, 0.6) is 0 Å². The van der Waals surface area contributed by atoms with Crippen LogP contribution in [0.2, 0.25) is 0 Å². The zero-order valence-corrected chi connectivity index (χ0v) is 10.5. The summed E-state index contributed by atoms with van der Waals surface area (Å²) in [6, 6.07) is 0.759. The summed E-state index contributed by atoms with van der Waals surface area (Å²) in [6.07, 6.45) is 6.05. The smallest absolute Gasteiger partial charge is 0.239 e. The topological polar surface area (TPSA) is 35.6 Å². The van der Waals surface area contributed by atoms with E-state index in [0.717, 1.165) is 32.5 Å². The van der Waals surface area contributed by atoms with E-state index in [-0.39, 0.29) is 6.04 Å². The van der Waals surface area contributed by atoms with E-state index >= 15 is 0 Å². The molecule has 3 fully saturated rings. The molecule has 0 aromatic carbocycles. The third kappa shape index (κ3) is 2.33. The molecule has 0 spiro atoms. The molecule has 0 aliphatic carbocycles. The van der Waals surface area contributed by atoms with Crippen LogP contribution in [0.4, 0.5) is 0 Å². The molecular formula is C13H23N3O. The predicted octanol–water partition coefficient (Wildman–Crippen LogP) is 0.435. The van der Waals surface area contributed by atoms with E-state index in [4.69, 9.17) is 0 Å². The monoisotopic (exact) mass is 237 g/mol. The number of likely N-dealkylation sites (tertiary alicyclic amines) is 2. The highest BCUT2D eigenvalue weighted by atomic mass is 16.2. The van der Waals surface area contributed by atoms with Crippen LogP contribution in [0.3, 0.4) is 0 Å². The van der Waals surface area contributed by atoms with Gasteiger partial charge in [-0.1, -0.05) is 0 Å². The number of nitrogens with zero attached hydrogens (tertiary/aromatic N) is 2. The lowest BCUT2D eigenvalue weighted by molar-refractivity contribution is -0.132. The molecule has 0 saturated carbocycles. The molecule has 4 nitrogen and oxygen atoms in total. The Morgan fingerprint density at radius 3 is 2.59 bits per heavy atom. The van der Waals surface area contributed by atoms with Crippen molar-refractivity contribution in [3.63, 3.8) is 0 Å². The first kappa shape index (κ1) is 11.5.